The Kier molecular flexibility index (Phi) is 3.69. The van der Waals surface area contributed by atoms with Gasteiger partial charge in [0, 0.05) is 5.54 Å². The van der Waals surface area contributed by atoms with Crippen LogP contribution in [0.2, 0.25) is 0 Å². The first kappa shape index (κ1) is 13.5. The Morgan fingerprint density at radius 2 is 1.56 bits per heavy atom. The zero-order valence-corrected chi connectivity index (χ0v) is 10.3. The van der Waals surface area contributed by atoms with Crippen LogP contribution in [0.15, 0.2) is 24.3 Å². The quantitative estimate of drug-likeness (QED) is 0.841. The second kappa shape index (κ2) is 4.37. The summed E-state index contributed by atoms with van der Waals surface area (Å²) in [7, 11) is 0. The van der Waals surface area contributed by atoms with Gasteiger partial charge in [-0.1, -0.05) is 12.1 Å². The standard InChI is InChI=1S/C11H12F3N.BrH/c12-11(13,14)9-4-2-8(3-5-9)10(15)6-1-7-10;/h2-5H,1,6-7,15H2;1H. The molecule has 90 valence electrons. The molecule has 1 nitrogen and oxygen atoms in total. The number of rotatable bonds is 1. The second-order valence-electron chi connectivity index (χ2n) is 4.08. The van der Waals surface area contributed by atoms with Crippen molar-refractivity contribution in [2.75, 3.05) is 0 Å². The van der Waals surface area contributed by atoms with Gasteiger partial charge >= 0.3 is 6.18 Å². The number of hydrogen-bond donors (Lipinski definition) is 1. The Labute approximate surface area is 103 Å². The third-order valence-corrected chi connectivity index (χ3v) is 3.03. The van der Waals surface area contributed by atoms with Crippen LogP contribution in [0.3, 0.4) is 0 Å². The summed E-state index contributed by atoms with van der Waals surface area (Å²) in [5.74, 6) is 0. The second-order valence-corrected chi connectivity index (χ2v) is 4.08. The molecule has 0 radical (unpaired) electrons. The van der Waals surface area contributed by atoms with E-state index in [2.05, 4.69) is 0 Å². The van der Waals surface area contributed by atoms with Gasteiger partial charge in [0.2, 0.25) is 0 Å². The molecule has 0 unspecified atom stereocenters. The Morgan fingerprint density at radius 1 is 1.06 bits per heavy atom. The Balaban J connectivity index is 0.00000128. The zero-order valence-electron chi connectivity index (χ0n) is 8.55. The van der Waals surface area contributed by atoms with Gasteiger partial charge in [-0.3, -0.25) is 0 Å². The number of nitrogens with two attached hydrogens (primary N) is 1. The largest absolute Gasteiger partial charge is 0.416 e. The molecule has 16 heavy (non-hydrogen) atoms. The average molecular weight is 296 g/mol. The summed E-state index contributed by atoms with van der Waals surface area (Å²) >= 11 is 0. The Hall–Kier alpha value is -0.550. The van der Waals surface area contributed by atoms with Crippen molar-refractivity contribution >= 4 is 17.0 Å². The zero-order chi connectivity index (χ0) is 11.1. The third kappa shape index (κ3) is 2.40. The van der Waals surface area contributed by atoms with Gasteiger partial charge in [0.15, 0.2) is 0 Å². The van der Waals surface area contributed by atoms with Crippen LogP contribution < -0.4 is 5.73 Å². The van der Waals surface area contributed by atoms with E-state index in [4.69, 9.17) is 5.73 Å². The Bertz CT molecular complexity index is 354. The van der Waals surface area contributed by atoms with Gasteiger partial charge in [0.1, 0.15) is 0 Å². The highest BCUT2D eigenvalue weighted by Crippen LogP contribution is 2.39. The summed E-state index contributed by atoms with van der Waals surface area (Å²) in [6.45, 7) is 0. The van der Waals surface area contributed by atoms with Crippen LogP contribution in [0.4, 0.5) is 13.2 Å². The summed E-state index contributed by atoms with van der Waals surface area (Å²) in [4.78, 5) is 0. The van der Waals surface area contributed by atoms with Crippen molar-refractivity contribution < 1.29 is 13.2 Å². The van der Waals surface area contributed by atoms with Crippen molar-refractivity contribution in [3.63, 3.8) is 0 Å². The highest BCUT2D eigenvalue weighted by atomic mass is 79.9. The van der Waals surface area contributed by atoms with Crippen molar-refractivity contribution in [3.05, 3.63) is 35.4 Å². The van der Waals surface area contributed by atoms with E-state index < -0.39 is 11.7 Å². The van der Waals surface area contributed by atoms with Crippen molar-refractivity contribution in [2.24, 2.45) is 5.73 Å². The van der Waals surface area contributed by atoms with Crippen LogP contribution in [0.5, 0.6) is 0 Å². The van der Waals surface area contributed by atoms with Crippen molar-refractivity contribution in [2.45, 2.75) is 31.0 Å². The van der Waals surface area contributed by atoms with Crippen molar-refractivity contribution in [1.29, 1.82) is 0 Å². The fourth-order valence-electron chi connectivity index (χ4n) is 1.84. The van der Waals surface area contributed by atoms with E-state index in [1.807, 2.05) is 0 Å². The first-order valence-electron chi connectivity index (χ1n) is 4.88. The molecule has 0 aliphatic heterocycles. The minimum absolute atomic E-state index is 0. The van der Waals surface area contributed by atoms with E-state index in [0.717, 1.165) is 37.0 Å². The van der Waals surface area contributed by atoms with E-state index >= 15 is 0 Å². The van der Waals surface area contributed by atoms with Crippen LogP contribution >= 0.6 is 17.0 Å². The molecule has 1 saturated carbocycles. The smallest absolute Gasteiger partial charge is 0.321 e. The SMILES string of the molecule is Br.NC1(c2ccc(C(F)(F)F)cc2)CCC1. The van der Waals surface area contributed by atoms with Crippen LogP contribution in [-0.4, -0.2) is 0 Å². The van der Waals surface area contributed by atoms with Crippen LogP contribution in [0.25, 0.3) is 0 Å². The van der Waals surface area contributed by atoms with E-state index in [-0.39, 0.29) is 22.5 Å². The van der Waals surface area contributed by atoms with Gasteiger partial charge in [-0.25, -0.2) is 0 Å². The van der Waals surface area contributed by atoms with E-state index in [9.17, 15) is 13.2 Å². The molecule has 2 rings (SSSR count). The summed E-state index contributed by atoms with van der Waals surface area (Å²) < 4.78 is 36.8. The predicted octanol–water partition coefficient (Wildman–Crippen LogP) is 3.62. The molecule has 0 aromatic heterocycles. The number of benzene rings is 1. The minimum atomic E-state index is -4.26. The molecule has 1 aliphatic rings. The summed E-state index contributed by atoms with van der Waals surface area (Å²) in [5, 5.41) is 0. The fourth-order valence-corrected chi connectivity index (χ4v) is 1.84. The molecule has 1 fully saturated rings. The maximum Gasteiger partial charge on any atom is 0.416 e. The molecule has 1 aliphatic carbocycles. The molecule has 1 aromatic rings. The molecule has 0 bridgehead atoms. The number of halogens is 4. The highest BCUT2D eigenvalue weighted by molar-refractivity contribution is 8.93. The first-order valence-corrected chi connectivity index (χ1v) is 4.88. The molecule has 0 saturated heterocycles. The molecule has 0 amide bonds. The normalized spacial score (nSPS) is 18.5. The third-order valence-electron chi connectivity index (χ3n) is 3.03. The molecule has 1 aromatic carbocycles. The topological polar surface area (TPSA) is 26.0 Å². The summed E-state index contributed by atoms with van der Waals surface area (Å²) in [5.41, 5.74) is 5.81. The van der Waals surface area contributed by atoms with Crippen molar-refractivity contribution in [1.82, 2.24) is 0 Å². The van der Waals surface area contributed by atoms with Gasteiger partial charge in [0.05, 0.1) is 5.56 Å². The van der Waals surface area contributed by atoms with Crippen LogP contribution in [0.1, 0.15) is 30.4 Å². The number of hydrogen-bond acceptors (Lipinski definition) is 1. The Morgan fingerprint density at radius 3 is 1.88 bits per heavy atom. The van der Waals surface area contributed by atoms with Crippen molar-refractivity contribution in [3.8, 4) is 0 Å². The lowest BCUT2D eigenvalue weighted by Crippen LogP contribution is -2.43. The lowest BCUT2D eigenvalue weighted by molar-refractivity contribution is -0.137. The highest BCUT2D eigenvalue weighted by Gasteiger charge is 2.35. The van der Waals surface area contributed by atoms with Crippen LogP contribution in [-0.2, 0) is 11.7 Å². The number of alkyl halides is 3. The van der Waals surface area contributed by atoms with E-state index in [1.165, 1.54) is 12.1 Å². The molecule has 0 spiro atoms. The molecule has 0 heterocycles. The lowest BCUT2D eigenvalue weighted by Gasteiger charge is -2.38. The monoisotopic (exact) mass is 295 g/mol. The predicted molar refractivity (Wildman–Crippen MR) is 61.5 cm³/mol. The van der Waals surface area contributed by atoms with Crippen LogP contribution in [0, 0.1) is 0 Å². The van der Waals surface area contributed by atoms with Gasteiger partial charge in [-0.15, -0.1) is 17.0 Å². The fraction of sp³-hybridized carbons (Fsp3) is 0.455. The minimum Gasteiger partial charge on any atom is -0.321 e. The maximum absolute atomic E-state index is 12.3. The van der Waals surface area contributed by atoms with Gasteiger partial charge in [-0.2, -0.15) is 13.2 Å². The van der Waals surface area contributed by atoms with Gasteiger partial charge < -0.3 is 5.73 Å². The summed E-state index contributed by atoms with van der Waals surface area (Å²) in [6.07, 6.45) is -1.49. The molecule has 2 N–H and O–H groups in total. The van der Waals surface area contributed by atoms with E-state index in [1.54, 1.807) is 0 Å². The maximum atomic E-state index is 12.3. The molecule has 5 heteroatoms. The lowest BCUT2D eigenvalue weighted by atomic mass is 9.73. The molecule has 0 atom stereocenters. The first-order chi connectivity index (χ1) is 6.92. The molecular weight excluding hydrogens is 283 g/mol. The van der Waals surface area contributed by atoms with E-state index in [0.29, 0.717) is 0 Å². The average Bonchev–Trinajstić information content (AvgIpc) is 2.13. The van der Waals surface area contributed by atoms with Gasteiger partial charge in [0.25, 0.3) is 0 Å². The summed E-state index contributed by atoms with van der Waals surface area (Å²) in [6, 6.07) is 5.18. The molecular formula is C11H13BrF3N. The van der Waals surface area contributed by atoms with Gasteiger partial charge in [-0.05, 0) is 37.0 Å².